The molecule has 0 N–H and O–H groups in total. The van der Waals surface area contributed by atoms with Crippen LogP contribution in [0.1, 0.15) is 45.3 Å². The molecule has 13 heteroatoms. The molecule has 0 spiro atoms. The van der Waals surface area contributed by atoms with Crippen LogP contribution in [0.5, 0.6) is 0 Å². The molecule has 0 nitrogen and oxygen atoms in total. The van der Waals surface area contributed by atoms with Crippen LogP contribution in [0.3, 0.4) is 0 Å². The molecule has 2 atom stereocenters. The number of fused-ring (bicyclic) bond motifs is 6. The first-order valence-corrected chi connectivity index (χ1v) is 33.2. The van der Waals surface area contributed by atoms with Crippen LogP contribution in [-0.4, -0.2) is 17.0 Å². The van der Waals surface area contributed by atoms with Gasteiger partial charge < -0.3 is 0 Å². The van der Waals surface area contributed by atoms with Gasteiger partial charge in [-0.15, -0.1) is 0 Å². The molecule has 2 aliphatic carbocycles. The molecule has 9 aromatic carbocycles. The molecular formula is C59H37BF10SiZr. The van der Waals surface area contributed by atoms with E-state index in [4.69, 9.17) is 0 Å². The third-order valence-corrected chi connectivity index (χ3v) is 49.5. The number of benzene rings is 9. The zero-order chi connectivity index (χ0) is 50.5. The van der Waals surface area contributed by atoms with Crippen molar-refractivity contribution in [1.82, 2.24) is 0 Å². The molecule has 0 saturated heterocycles. The minimum atomic E-state index is -4.97. The quantitative estimate of drug-likeness (QED) is 0.0616. The summed E-state index contributed by atoms with van der Waals surface area (Å²) in [5, 5.41) is -0.725. The van der Waals surface area contributed by atoms with E-state index in [1.165, 1.54) is 37.3 Å². The van der Waals surface area contributed by atoms with E-state index in [-0.39, 0.29) is 42.1 Å². The average Bonchev–Trinajstić information content (AvgIpc) is 3.89. The SMILES string of the molecule is CC1=Cc2c(ccc3ccccc23)[CH]1[Zr]([c]1ccccc1)([c]1ccccc1)[Si](C)(/B=C1\C(C)=C(c2c(F)c(F)c(F)c(F)c2F)c2c1cc(-c1c(F)c(F)c(F)c(F)c1F)c1ccccc21)c1ccccc1. The van der Waals surface area contributed by atoms with Gasteiger partial charge in [0.2, 0.25) is 0 Å². The van der Waals surface area contributed by atoms with Crippen molar-refractivity contribution in [3.63, 3.8) is 0 Å². The first kappa shape index (κ1) is 47.6. The summed E-state index contributed by atoms with van der Waals surface area (Å²) < 4.78 is 159. The summed E-state index contributed by atoms with van der Waals surface area (Å²) in [6.45, 7) is 7.95. The van der Waals surface area contributed by atoms with Gasteiger partial charge in [-0.2, -0.15) is 0 Å². The third kappa shape index (κ3) is 6.79. The molecule has 0 amide bonds. The zero-order valence-corrected chi connectivity index (χ0v) is 42.0. The molecule has 2 aliphatic rings. The van der Waals surface area contributed by atoms with Crippen molar-refractivity contribution in [2.75, 3.05) is 0 Å². The Labute approximate surface area is 412 Å². The molecule has 0 heterocycles. The first-order chi connectivity index (χ1) is 34.6. The zero-order valence-electron chi connectivity index (χ0n) is 38.5. The Hall–Kier alpha value is -6.69. The number of hydrogen-bond acceptors (Lipinski definition) is 0. The molecule has 0 radical (unpaired) electrons. The fourth-order valence-electron chi connectivity index (χ4n) is 11.9. The molecule has 0 aliphatic heterocycles. The van der Waals surface area contributed by atoms with Crippen LogP contribution in [0.15, 0.2) is 169 Å². The predicted molar refractivity (Wildman–Crippen MR) is 267 cm³/mol. The maximum atomic E-state index is 16.6. The Morgan fingerprint density at radius 1 is 0.444 bits per heavy atom. The van der Waals surface area contributed by atoms with Gasteiger partial charge in [0, 0.05) is 0 Å². The molecule has 0 saturated carbocycles. The second-order valence-electron chi connectivity index (χ2n) is 18.6. The summed E-state index contributed by atoms with van der Waals surface area (Å²) in [4.78, 5) is 0. The van der Waals surface area contributed by atoms with Crippen LogP contribution < -0.4 is 11.7 Å². The molecule has 72 heavy (non-hydrogen) atoms. The van der Waals surface area contributed by atoms with Gasteiger partial charge in [-0.3, -0.25) is 0 Å². The van der Waals surface area contributed by atoms with Gasteiger partial charge in [0.15, 0.2) is 0 Å². The van der Waals surface area contributed by atoms with Gasteiger partial charge >= 0.3 is 415 Å². The maximum absolute atomic E-state index is 16.6. The van der Waals surface area contributed by atoms with Crippen LogP contribution in [0.4, 0.5) is 43.9 Å². The first-order valence-electron chi connectivity index (χ1n) is 23.0. The van der Waals surface area contributed by atoms with Gasteiger partial charge in [0.25, 0.3) is 0 Å². The van der Waals surface area contributed by atoms with E-state index in [1.807, 2.05) is 78.9 Å². The van der Waals surface area contributed by atoms with Crippen LogP contribution in [-0.2, 0) is 19.4 Å². The Morgan fingerprint density at radius 3 is 1.46 bits per heavy atom. The Balaban J connectivity index is 1.35. The summed E-state index contributed by atoms with van der Waals surface area (Å²) in [7, 11) is 0. The van der Waals surface area contributed by atoms with Gasteiger partial charge in [-0.05, 0) is 0 Å². The molecule has 0 fully saturated rings. The van der Waals surface area contributed by atoms with Gasteiger partial charge in [0.05, 0.1) is 0 Å². The fourth-order valence-corrected chi connectivity index (χ4v) is 50.9. The second kappa shape index (κ2) is 17.8. The van der Waals surface area contributed by atoms with Crippen molar-refractivity contribution in [1.29, 1.82) is 0 Å². The molecule has 11 rings (SSSR count). The molecule has 9 aromatic rings. The van der Waals surface area contributed by atoms with Gasteiger partial charge in [-0.1, -0.05) is 0 Å². The van der Waals surface area contributed by atoms with Gasteiger partial charge in [0.1, 0.15) is 0 Å². The van der Waals surface area contributed by atoms with Crippen LogP contribution >= 0.6 is 0 Å². The topological polar surface area (TPSA) is 0 Å². The van der Waals surface area contributed by atoms with Crippen LogP contribution in [0, 0.1) is 58.2 Å². The van der Waals surface area contributed by atoms with Crippen molar-refractivity contribution in [2.45, 2.75) is 24.0 Å². The average molecular weight is 1070 g/mol. The van der Waals surface area contributed by atoms with Crippen molar-refractivity contribution < 1.29 is 63.3 Å². The number of allylic oxidation sites excluding steroid dienone is 2. The van der Waals surface area contributed by atoms with E-state index in [9.17, 15) is 8.78 Å². The third-order valence-electron chi connectivity index (χ3n) is 15.0. The summed E-state index contributed by atoms with van der Waals surface area (Å²) in [5.74, 6) is -22.0. The molecule has 2 unspecified atom stereocenters. The number of halogens is 10. The minimum absolute atomic E-state index is 0.00464. The van der Waals surface area contributed by atoms with E-state index in [0.29, 0.717) is 0 Å². The molecular weight excluding hydrogens is 1030 g/mol. The van der Waals surface area contributed by atoms with E-state index < -0.39 is 99.4 Å². The van der Waals surface area contributed by atoms with Crippen molar-refractivity contribution in [3.8, 4) is 11.1 Å². The molecule has 0 aromatic heterocycles. The van der Waals surface area contributed by atoms with E-state index in [2.05, 4.69) is 74.6 Å². The Morgan fingerprint density at radius 2 is 0.903 bits per heavy atom. The number of hydrogen-bond donors (Lipinski definition) is 0. The predicted octanol–water partition coefficient (Wildman–Crippen LogP) is 14.1. The monoisotopic (exact) mass is 1060 g/mol. The van der Waals surface area contributed by atoms with E-state index in [1.54, 1.807) is 0 Å². The van der Waals surface area contributed by atoms with Crippen molar-refractivity contribution >= 4 is 62.0 Å². The summed E-state index contributed by atoms with van der Waals surface area (Å²) in [5.41, 5.74) is 0.218. The standard InChI is InChI=1S/C33H16BF10Si.C14H11.2C6H5.Zr/c1-13-19(22-26(37)30(41)33(44)31(42)27(22)38)20-16-11-7-6-10-15(16)17(21-24(35)28(39)32(43)29(40)25(21)36)12-18(20)23(13)34-45(2)14-8-4-3-5-9-14;1-10-8-12-7-6-11-4-2-3-5-13(11)14(12)9-10;2*1-2-4-6-5-3-1;/h3-12H,1-2H3;2-9H,1H3;2*1-5H;. The van der Waals surface area contributed by atoms with Crippen LogP contribution in [0.2, 0.25) is 6.55 Å². The summed E-state index contributed by atoms with van der Waals surface area (Å²) in [6, 6.07) is 49.5. The Bertz CT molecular complexity index is 3760. The summed E-state index contributed by atoms with van der Waals surface area (Å²) in [6.07, 6.45) is 2.24. The van der Waals surface area contributed by atoms with E-state index >= 15 is 35.1 Å². The van der Waals surface area contributed by atoms with Gasteiger partial charge in [-0.25, -0.2) is 0 Å². The van der Waals surface area contributed by atoms with E-state index in [0.717, 1.165) is 39.2 Å². The Kier molecular flexibility index (Phi) is 11.8. The second-order valence-corrected chi connectivity index (χ2v) is 42.4. The number of rotatable bonds is 8. The molecule has 0 bridgehead atoms. The fraction of sp³-hybridized carbons (Fsp3) is 0.0678. The molecule has 354 valence electrons. The van der Waals surface area contributed by atoms with Crippen molar-refractivity contribution in [3.05, 3.63) is 255 Å². The normalized spacial score (nSPS) is 15.8. The van der Waals surface area contributed by atoms with Crippen LogP contribution in [0.25, 0.3) is 44.3 Å². The summed E-state index contributed by atoms with van der Waals surface area (Å²) >= 11 is -4.97. The van der Waals surface area contributed by atoms with Crippen molar-refractivity contribution in [2.24, 2.45) is 0 Å².